The van der Waals surface area contributed by atoms with Crippen LogP contribution in [0.15, 0.2) is 0 Å². The highest BCUT2D eigenvalue weighted by Crippen LogP contribution is 2.38. The van der Waals surface area contributed by atoms with Crippen LogP contribution >= 0.6 is 0 Å². The van der Waals surface area contributed by atoms with Crippen molar-refractivity contribution in [1.82, 2.24) is 9.03 Å². The van der Waals surface area contributed by atoms with Crippen molar-refractivity contribution in [2.24, 2.45) is 0 Å². The maximum Gasteiger partial charge on any atom is 0.422 e. The van der Waals surface area contributed by atoms with Crippen molar-refractivity contribution >= 4 is 16.3 Å². The molecule has 10 nitrogen and oxygen atoms in total. The van der Waals surface area contributed by atoms with E-state index >= 15 is 0 Å². The first-order valence-corrected chi connectivity index (χ1v) is 13.2. The van der Waals surface area contributed by atoms with Crippen molar-refractivity contribution in [3.05, 3.63) is 0 Å². The molecule has 0 aromatic rings. The van der Waals surface area contributed by atoms with Crippen LogP contribution in [0.3, 0.4) is 0 Å². The van der Waals surface area contributed by atoms with Crippen LogP contribution in [0.2, 0.25) is 0 Å². The molecule has 0 unspecified atom stereocenters. The quantitative estimate of drug-likeness (QED) is 0.451. The zero-order valence-electron chi connectivity index (χ0n) is 19.4. The lowest BCUT2D eigenvalue weighted by Gasteiger charge is -2.27. The lowest BCUT2D eigenvalue weighted by molar-refractivity contribution is -0.221. The summed E-state index contributed by atoms with van der Waals surface area (Å²) in [7, 11) is -3.91. The van der Waals surface area contributed by atoms with Crippen LogP contribution in [0.5, 0.6) is 0 Å². The normalized spacial score (nSPS) is 30.2. The summed E-state index contributed by atoms with van der Waals surface area (Å²) >= 11 is 0. The summed E-state index contributed by atoms with van der Waals surface area (Å²) in [5.41, 5.74) is 0. The van der Waals surface area contributed by atoms with Gasteiger partial charge in [0.2, 0.25) is 0 Å². The Morgan fingerprint density at radius 2 is 1.81 bits per heavy atom. The van der Waals surface area contributed by atoms with E-state index in [2.05, 4.69) is 6.92 Å². The van der Waals surface area contributed by atoms with Crippen LogP contribution in [0.4, 0.5) is 4.79 Å². The molecule has 11 heteroatoms. The molecule has 3 aliphatic heterocycles. The highest BCUT2D eigenvalue weighted by Gasteiger charge is 2.55. The SMILES string of the molecule is CCCCCCCO[C@@H]1[C@H]2OC(C)(C)O[C@H]2O[C@@H]1COC(=O)NS(=O)(=O)N1CCCCC1. The minimum Gasteiger partial charge on any atom is -0.446 e. The van der Waals surface area contributed by atoms with Gasteiger partial charge in [-0.25, -0.2) is 9.52 Å². The predicted molar refractivity (Wildman–Crippen MR) is 116 cm³/mol. The Kier molecular flexibility index (Phi) is 9.16. The molecule has 0 saturated carbocycles. The Labute approximate surface area is 191 Å². The molecule has 3 aliphatic rings. The molecule has 0 radical (unpaired) electrons. The molecular weight excluding hydrogens is 440 g/mol. The van der Waals surface area contributed by atoms with Gasteiger partial charge in [0.25, 0.3) is 0 Å². The molecule has 3 saturated heterocycles. The number of piperidine rings is 1. The van der Waals surface area contributed by atoms with E-state index < -0.39 is 46.7 Å². The summed E-state index contributed by atoms with van der Waals surface area (Å²) in [6.07, 6.45) is 4.91. The number of rotatable bonds is 11. The topological polar surface area (TPSA) is 113 Å². The Morgan fingerprint density at radius 3 is 2.53 bits per heavy atom. The summed E-state index contributed by atoms with van der Waals surface area (Å²) in [6.45, 7) is 6.96. The van der Waals surface area contributed by atoms with Gasteiger partial charge >= 0.3 is 16.3 Å². The zero-order valence-corrected chi connectivity index (χ0v) is 20.2. The van der Waals surface area contributed by atoms with Gasteiger partial charge in [-0.3, -0.25) is 0 Å². The second-order valence-electron chi connectivity index (χ2n) is 9.06. The molecule has 0 aromatic heterocycles. The van der Waals surface area contributed by atoms with Crippen LogP contribution in [-0.2, 0) is 33.9 Å². The number of nitrogens with one attached hydrogen (secondary N) is 1. The number of carbonyl (C=O) groups is 1. The summed E-state index contributed by atoms with van der Waals surface area (Å²) in [6, 6.07) is 0. The molecular formula is C21H38N2O8S. The smallest absolute Gasteiger partial charge is 0.422 e. The highest BCUT2D eigenvalue weighted by atomic mass is 32.2. The maximum atomic E-state index is 12.4. The molecule has 0 aromatic carbocycles. The average Bonchev–Trinajstić information content (AvgIpc) is 3.21. The van der Waals surface area contributed by atoms with E-state index in [0.29, 0.717) is 19.7 Å². The fourth-order valence-corrected chi connectivity index (χ4v) is 5.41. The Balaban J connectivity index is 1.50. The summed E-state index contributed by atoms with van der Waals surface area (Å²) in [5.74, 6) is -0.788. The number of hydrogen-bond acceptors (Lipinski definition) is 8. The molecule has 0 bridgehead atoms. The summed E-state index contributed by atoms with van der Waals surface area (Å²) < 4.78 is 56.8. The number of carbonyl (C=O) groups excluding carboxylic acids is 1. The third-order valence-corrected chi connectivity index (χ3v) is 7.36. The first-order chi connectivity index (χ1) is 15.2. The van der Waals surface area contributed by atoms with Gasteiger partial charge in [0, 0.05) is 19.7 Å². The van der Waals surface area contributed by atoms with Crippen molar-refractivity contribution in [3.63, 3.8) is 0 Å². The first kappa shape index (κ1) is 25.6. The second-order valence-corrected chi connectivity index (χ2v) is 10.7. The van der Waals surface area contributed by atoms with Gasteiger partial charge in [-0.1, -0.05) is 39.0 Å². The first-order valence-electron chi connectivity index (χ1n) is 11.8. The van der Waals surface area contributed by atoms with Gasteiger partial charge in [0.15, 0.2) is 12.1 Å². The molecule has 32 heavy (non-hydrogen) atoms. The van der Waals surface area contributed by atoms with Crippen LogP contribution in [0, 0.1) is 0 Å². The van der Waals surface area contributed by atoms with Crippen molar-refractivity contribution in [2.45, 2.75) is 103 Å². The van der Waals surface area contributed by atoms with E-state index in [1.165, 1.54) is 17.1 Å². The van der Waals surface area contributed by atoms with Gasteiger partial charge in [-0.2, -0.15) is 12.7 Å². The number of hydrogen-bond donors (Lipinski definition) is 1. The van der Waals surface area contributed by atoms with Crippen molar-refractivity contribution in [2.75, 3.05) is 26.3 Å². The van der Waals surface area contributed by atoms with Crippen LogP contribution in [0.25, 0.3) is 0 Å². The number of amides is 1. The second kappa shape index (κ2) is 11.4. The van der Waals surface area contributed by atoms with Gasteiger partial charge in [0.05, 0.1) is 0 Å². The van der Waals surface area contributed by atoms with Crippen molar-refractivity contribution in [1.29, 1.82) is 0 Å². The molecule has 186 valence electrons. The lowest BCUT2D eigenvalue weighted by Crippen LogP contribution is -2.46. The molecule has 0 aliphatic carbocycles. The van der Waals surface area contributed by atoms with Gasteiger partial charge < -0.3 is 23.7 Å². The third kappa shape index (κ3) is 7.01. The fourth-order valence-electron chi connectivity index (χ4n) is 4.27. The van der Waals surface area contributed by atoms with Crippen molar-refractivity contribution in [3.8, 4) is 0 Å². The van der Waals surface area contributed by atoms with Gasteiger partial charge in [-0.15, -0.1) is 0 Å². The van der Waals surface area contributed by atoms with Gasteiger partial charge in [-0.05, 0) is 33.1 Å². The number of nitrogens with zero attached hydrogens (tertiary/aromatic N) is 1. The summed E-state index contributed by atoms with van der Waals surface area (Å²) in [5, 5.41) is 0. The van der Waals surface area contributed by atoms with Gasteiger partial charge in [0.1, 0.15) is 24.9 Å². The molecule has 3 heterocycles. The molecule has 0 spiro atoms. The van der Waals surface area contributed by atoms with E-state index in [0.717, 1.165) is 38.5 Å². The van der Waals surface area contributed by atoms with E-state index in [9.17, 15) is 13.2 Å². The van der Waals surface area contributed by atoms with E-state index in [1.54, 1.807) is 13.8 Å². The van der Waals surface area contributed by atoms with E-state index in [1.807, 2.05) is 4.72 Å². The Hall–Kier alpha value is -0.980. The van der Waals surface area contributed by atoms with Crippen LogP contribution < -0.4 is 4.72 Å². The number of fused-ring (bicyclic) bond motifs is 1. The number of ether oxygens (including phenoxy) is 5. The van der Waals surface area contributed by atoms with Crippen molar-refractivity contribution < 1.29 is 36.9 Å². The minimum absolute atomic E-state index is 0.165. The predicted octanol–water partition coefficient (Wildman–Crippen LogP) is 2.68. The zero-order chi connectivity index (χ0) is 23.2. The van der Waals surface area contributed by atoms with Crippen LogP contribution in [0.1, 0.15) is 72.1 Å². The molecule has 1 N–H and O–H groups in total. The molecule has 3 fully saturated rings. The summed E-state index contributed by atoms with van der Waals surface area (Å²) in [4.78, 5) is 12.2. The Morgan fingerprint density at radius 1 is 1.09 bits per heavy atom. The van der Waals surface area contributed by atoms with E-state index in [4.69, 9.17) is 23.7 Å². The third-order valence-electron chi connectivity index (χ3n) is 5.89. The lowest BCUT2D eigenvalue weighted by atomic mass is 10.1. The monoisotopic (exact) mass is 478 g/mol. The maximum absolute atomic E-state index is 12.4. The largest absolute Gasteiger partial charge is 0.446 e. The molecule has 1 amide bonds. The number of unbranched alkanes of at least 4 members (excludes halogenated alkanes) is 4. The molecule has 3 rings (SSSR count). The average molecular weight is 479 g/mol. The standard InChI is InChI=1S/C21H38N2O8S/c1-4-5-6-7-11-14-27-17-16(29-19-18(17)30-21(2,3)31-19)15-28-20(24)22-32(25,26)23-12-9-8-10-13-23/h16-19H,4-15H2,1-3H3,(H,22,24)/t16-,17+,18-,19-/m1/s1. The van der Waals surface area contributed by atoms with Crippen LogP contribution in [-0.4, -0.2) is 75.5 Å². The highest BCUT2D eigenvalue weighted by molar-refractivity contribution is 7.87. The molecule has 4 atom stereocenters. The Bertz CT molecular complexity index is 711. The van der Waals surface area contributed by atoms with E-state index in [-0.39, 0.29) is 6.61 Å². The minimum atomic E-state index is -3.91. The fraction of sp³-hybridized carbons (Fsp3) is 0.952.